The Balaban J connectivity index is 1.58. The van der Waals surface area contributed by atoms with Crippen LogP contribution in [-0.4, -0.2) is 22.0 Å². The summed E-state index contributed by atoms with van der Waals surface area (Å²) in [4.78, 5) is 16.1. The zero-order valence-corrected chi connectivity index (χ0v) is 14.7. The lowest BCUT2D eigenvalue weighted by atomic mass is 10.1. The number of imidazole rings is 1. The molecule has 0 aliphatic carbocycles. The van der Waals surface area contributed by atoms with Crippen LogP contribution in [0.4, 0.5) is 13.2 Å². The summed E-state index contributed by atoms with van der Waals surface area (Å²) < 4.78 is 40.7. The molecule has 0 aliphatic rings. The Morgan fingerprint density at radius 1 is 1.11 bits per heavy atom. The molecule has 28 heavy (non-hydrogen) atoms. The standard InChI is InChI=1S/C21H16F3N3O/c22-21(23,24)19-6-2-1-4-17(19)5-3-11-26-20(28)18-9-7-16(8-10-18)14-27-13-12-25-15-27/h1-2,4,6-10,12-13,15H,11,14H2,(H,26,28). The summed E-state index contributed by atoms with van der Waals surface area (Å²) in [5, 5.41) is 2.58. The number of hydrogen-bond donors (Lipinski definition) is 1. The molecule has 3 rings (SSSR count). The molecule has 7 heteroatoms. The minimum atomic E-state index is -4.47. The minimum absolute atomic E-state index is 0.0538. The molecule has 0 aliphatic heterocycles. The van der Waals surface area contributed by atoms with Gasteiger partial charge in [-0.1, -0.05) is 36.1 Å². The minimum Gasteiger partial charge on any atom is -0.341 e. The van der Waals surface area contributed by atoms with Crippen LogP contribution in [0.2, 0.25) is 0 Å². The predicted molar refractivity (Wildman–Crippen MR) is 98.4 cm³/mol. The van der Waals surface area contributed by atoms with Crippen molar-refractivity contribution in [1.29, 1.82) is 0 Å². The quantitative estimate of drug-likeness (QED) is 0.698. The molecule has 4 nitrogen and oxygen atoms in total. The summed E-state index contributed by atoms with van der Waals surface area (Å²) in [6, 6.07) is 12.1. The van der Waals surface area contributed by atoms with Crippen molar-refractivity contribution in [2.45, 2.75) is 12.7 Å². The summed E-state index contributed by atoms with van der Waals surface area (Å²) in [5.41, 5.74) is 0.556. The molecule has 142 valence electrons. The maximum atomic E-state index is 12.9. The lowest BCUT2D eigenvalue weighted by Crippen LogP contribution is -2.23. The summed E-state index contributed by atoms with van der Waals surface area (Å²) in [7, 11) is 0. The SMILES string of the molecule is O=C(NCC#Cc1ccccc1C(F)(F)F)c1ccc(Cn2ccnc2)cc1. The van der Waals surface area contributed by atoms with E-state index in [1.165, 1.54) is 18.2 Å². The van der Waals surface area contributed by atoms with E-state index in [1.807, 2.05) is 22.9 Å². The Bertz CT molecular complexity index is 998. The normalized spacial score (nSPS) is 10.8. The highest BCUT2D eigenvalue weighted by molar-refractivity contribution is 5.94. The third kappa shape index (κ3) is 5.01. The summed E-state index contributed by atoms with van der Waals surface area (Å²) in [6.07, 6.45) is 0.773. The number of aromatic nitrogens is 2. The second-order valence-electron chi connectivity index (χ2n) is 5.96. The van der Waals surface area contributed by atoms with Crippen LogP contribution < -0.4 is 5.32 Å². The van der Waals surface area contributed by atoms with Gasteiger partial charge in [0.2, 0.25) is 0 Å². The third-order valence-corrected chi connectivity index (χ3v) is 3.93. The Hall–Kier alpha value is -3.53. The largest absolute Gasteiger partial charge is 0.417 e. The summed E-state index contributed by atoms with van der Waals surface area (Å²) >= 11 is 0. The topological polar surface area (TPSA) is 46.9 Å². The van der Waals surface area contributed by atoms with Gasteiger partial charge in [0.15, 0.2) is 0 Å². The van der Waals surface area contributed by atoms with E-state index in [-0.39, 0.29) is 18.0 Å². The second kappa shape index (κ2) is 8.44. The van der Waals surface area contributed by atoms with Crippen molar-refractivity contribution in [2.24, 2.45) is 0 Å². The predicted octanol–water partition coefficient (Wildman–Crippen LogP) is 3.73. The highest BCUT2D eigenvalue weighted by Gasteiger charge is 2.32. The van der Waals surface area contributed by atoms with Crippen molar-refractivity contribution in [3.8, 4) is 11.8 Å². The van der Waals surface area contributed by atoms with Crippen molar-refractivity contribution in [3.63, 3.8) is 0 Å². The molecule has 0 saturated heterocycles. The van der Waals surface area contributed by atoms with E-state index in [2.05, 4.69) is 22.1 Å². The summed E-state index contributed by atoms with van der Waals surface area (Å²) in [6.45, 7) is 0.591. The molecule has 0 spiro atoms. The van der Waals surface area contributed by atoms with Gasteiger partial charge in [-0.25, -0.2) is 4.98 Å². The van der Waals surface area contributed by atoms with E-state index in [0.717, 1.165) is 11.6 Å². The highest BCUT2D eigenvalue weighted by Crippen LogP contribution is 2.31. The molecular weight excluding hydrogens is 367 g/mol. The van der Waals surface area contributed by atoms with Crippen molar-refractivity contribution in [1.82, 2.24) is 14.9 Å². The maximum Gasteiger partial charge on any atom is 0.417 e. The van der Waals surface area contributed by atoms with Crippen LogP contribution in [0.1, 0.15) is 27.0 Å². The smallest absolute Gasteiger partial charge is 0.341 e. The van der Waals surface area contributed by atoms with E-state index < -0.39 is 11.7 Å². The number of rotatable bonds is 4. The molecule has 2 aromatic carbocycles. The van der Waals surface area contributed by atoms with E-state index in [4.69, 9.17) is 0 Å². The summed E-state index contributed by atoms with van der Waals surface area (Å²) in [5.74, 6) is 4.69. The van der Waals surface area contributed by atoms with Crippen LogP contribution in [0.25, 0.3) is 0 Å². The fraction of sp³-hybridized carbons (Fsp3) is 0.143. The average Bonchev–Trinajstić information content (AvgIpc) is 3.18. The van der Waals surface area contributed by atoms with E-state index in [9.17, 15) is 18.0 Å². The zero-order valence-electron chi connectivity index (χ0n) is 14.7. The molecule has 0 atom stereocenters. The second-order valence-corrected chi connectivity index (χ2v) is 5.96. The van der Waals surface area contributed by atoms with Gasteiger partial charge in [-0.05, 0) is 29.8 Å². The average molecular weight is 383 g/mol. The number of carbonyl (C=O) groups excluding carboxylic acids is 1. The highest BCUT2D eigenvalue weighted by atomic mass is 19.4. The number of nitrogens with one attached hydrogen (secondary N) is 1. The first-order valence-corrected chi connectivity index (χ1v) is 8.41. The number of nitrogens with zero attached hydrogens (tertiary/aromatic N) is 2. The van der Waals surface area contributed by atoms with Crippen molar-refractivity contribution in [3.05, 3.63) is 89.5 Å². The zero-order chi connectivity index (χ0) is 20.0. The molecule has 1 amide bonds. The fourth-order valence-electron chi connectivity index (χ4n) is 2.56. The van der Waals surface area contributed by atoms with Gasteiger partial charge in [-0.3, -0.25) is 4.79 Å². The van der Waals surface area contributed by atoms with Crippen molar-refractivity contribution in [2.75, 3.05) is 6.54 Å². The van der Waals surface area contributed by atoms with Gasteiger partial charge in [-0.2, -0.15) is 13.2 Å². The Morgan fingerprint density at radius 3 is 2.54 bits per heavy atom. The molecule has 1 heterocycles. The van der Waals surface area contributed by atoms with Crippen LogP contribution >= 0.6 is 0 Å². The van der Waals surface area contributed by atoms with Crippen LogP contribution in [0, 0.1) is 11.8 Å². The molecule has 1 N–H and O–H groups in total. The number of hydrogen-bond acceptors (Lipinski definition) is 2. The lowest BCUT2D eigenvalue weighted by Gasteiger charge is -2.08. The molecule has 0 fully saturated rings. The van der Waals surface area contributed by atoms with Gasteiger partial charge >= 0.3 is 6.18 Å². The van der Waals surface area contributed by atoms with Crippen molar-refractivity contribution >= 4 is 5.91 Å². The van der Waals surface area contributed by atoms with Crippen molar-refractivity contribution < 1.29 is 18.0 Å². The number of carbonyl (C=O) groups is 1. The number of amides is 1. The van der Waals surface area contributed by atoms with E-state index in [0.29, 0.717) is 12.1 Å². The first kappa shape index (κ1) is 19.2. The molecule has 0 saturated carbocycles. The van der Waals surface area contributed by atoms with E-state index in [1.54, 1.807) is 24.7 Å². The van der Waals surface area contributed by atoms with Crippen LogP contribution in [0.15, 0.2) is 67.3 Å². The number of benzene rings is 2. The molecule has 0 unspecified atom stereocenters. The molecule has 0 radical (unpaired) electrons. The monoisotopic (exact) mass is 383 g/mol. The Kier molecular flexibility index (Phi) is 5.80. The van der Waals surface area contributed by atoms with Crippen LogP contribution in [0.3, 0.4) is 0 Å². The number of alkyl halides is 3. The number of halogens is 3. The molecule has 0 bridgehead atoms. The first-order chi connectivity index (χ1) is 13.4. The molecular formula is C21H16F3N3O. The lowest BCUT2D eigenvalue weighted by molar-refractivity contribution is -0.137. The Morgan fingerprint density at radius 2 is 1.86 bits per heavy atom. The first-order valence-electron chi connectivity index (χ1n) is 8.41. The van der Waals surface area contributed by atoms with E-state index >= 15 is 0 Å². The fourth-order valence-corrected chi connectivity index (χ4v) is 2.56. The van der Waals surface area contributed by atoms with Gasteiger partial charge in [-0.15, -0.1) is 0 Å². The Labute approximate surface area is 160 Å². The van der Waals surface area contributed by atoms with Gasteiger partial charge in [0.1, 0.15) is 0 Å². The van der Waals surface area contributed by atoms with Gasteiger partial charge in [0.25, 0.3) is 5.91 Å². The van der Waals surface area contributed by atoms with Crippen LogP contribution in [-0.2, 0) is 12.7 Å². The van der Waals surface area contributed by atoms with Gasteiger partial charge in [0.05, 0.1) is 18.4 Å². The molecule has 3 aromatic rings. The molecule has 1 aromatic heterocycles. The van der Waals surface area contributed by atoms with Crippen LogP contribution in [0.5, 0.6) is 0 Å². The third-order valence-electron chi connectivity index (χ3n) is 3.93. The van der Waals surface area contributed by atoms with Gasteiger partial charge in [0, 0.05) is 30.1 Å². The maximum absolute atomic E-state index is 12.9. The van der Waals surface area contributed by atoms with Gasteiger partial charge < -0.3 is 9.88 Å².